The average molecular weight is 354 g/mol. The third kappa shape index (κ3) is 4.05. The van der Waals surface area contributed by atoms with E-state index in [4.69, 9.17) is 0 Å². The number of H-pyrrole nitrogens is 1. The number of aromatic amines is 1. The molecule has 1 atom stereocenters. The van der Waals surface area contributed by atoms with Crippen LogP contribution in [-0.4, -0.2) is 36.0 Å². The number of carbonyl (C=O) groups excluding carboxylic acids is 1. The molecule has 0 saturated carbocycles. The molecule has 2 heterocycles. The van der Waals surface area contributed by atoms with Gasteiger partial charge in [-0.1, -0.05) is 6.92 Å². The van der Waals surface area contributed by atoms with Gasteiger partial charge in [0.25, 0.3) is 0 Å². The maximum absolute atomic E-state index is 12.2. The summed E-state index contributed by atoms with van der Waals surface area (Å²) in [6.45, 7) is 6.62. The van der Waals surface area contributed by atoms with Gasteiger partial charge in [-0.3, -0.25) is 5.10 Å². The SMILES string of the molecule is CCCn1cnnc1[C@H](C)NC(=O)Nc1ccc(-c2n[nH]c(C)n2)cc1. The molecule has 0 saturated heterocycles. The molecule has 9 heteroatoms. The van der Waals surface area contributed by atoms with E-state index in [0.717, 1.165) is 30.2 Å². The van der Waals surface area contributed by atoms with E-state index in [-0.39, 0.29) is 12.1 Å². The van der Waals surface area contributed by atoms with Gasteiger partial charge in [0.15, 0.2) is 11.6 Å². The molecular formula is C17H22N8O. The Kier molecular flexibility index (Phi) is 5.26. The number of carbonyl (C=O) groups is 1. The highest BCUT2D eigenvalue weighted by Crippen LogP contribution is 2.18. The second-order valence-corrected chi connectivity index (χ2v) is 6.02. The highest BCUT2D eigenvalue weighted by molar-refractivity contribution is 5.89. The van der Waals surface area contributed by atoms with E-state index in [0.29, 0.717) is 11.5 Å². The molecular weight excluding hydrogens is 332 g/mol. The van der Waals surface area contributed by atoms with E-state index < -0.39 is 0 Å². The van der Waals surface area contributed by atoms with E-state index in [2.05, 4.69) is 42.9 Å². The minimum atomic E-state index is -0.301. The summed E-state index contributed by atoms with van der Waals surface area (Å²) in [6.07, 6.45) is 2.65. The number of hydrogen-bond acceptors (Lipinski definition) is 5. The Morgan fingerprint density at radius 1 is 1.31 bits per heavy atom. The van der Waals surface area contributed by atoms with Gasteiger partial charge in [-0.25, -0.2) is 9.78 Å². The number of aryl methyl sites for hydroxylation is 2. The van der Waals surface area contributed by atoms with Crippen molar-refractivity contribution in [3.63, 3.8) is 0 Å². The fourth-order valence-corrected chi connectivity index (χ4v) is 2.62. The molecule has 3 rings (SSSR count). The molecule has 3 aromatic rings. The predicted octanol–water partition coefficient (Wildman–Crippen LogP) is 2.66. The fraction of sp³-hybridized carbons (Fsp3) is 0.353. The van der Waals surface area contributed by atoms with E-state index in [1.807, 2.05) is 42.7 Å². The molecule has 0 aliphatic heterocycles. The number of nitrogens with zero attached hydrogens (tertiary/aromatic N) is 5. The van der Waals surface area contributed by atoms with Crippen molar-refractivity contribution in [2.45, 2.75) is 39.8 Å². The first-order chi connectivity index (χ1) is 12.6. The van der Waals surface area contributed by atoms with Crippen LogP contribution >= 0.6 is 0 Å². The number of amides is 2. The first kappa shape index (κ1) is 17.6. The van der Waals surface area contributed by atoms with Crippen molar-refractivity contribution in [2.24, 2.45) is 0 Å². The molecule has 0 radical (unpaired) electrons. The van der Waals surface area contributed by atoms with Gasteiger partial charge in [-0.15, -0.1) is 10.2 Å². The van der Waals surface area contributed by atoms with Gasteiger partial charge in [0.05, 0.1) is 6.04 Å². The topological polar surface area (TPSA) is 113 Å². The molecule has 0 fully saturated rings. The largest absolute Gasteiger partial charge is 0.328 e. The summed E-state index contributed by atoms with van der Waals surface area (Å²) in [5.41, 5.74) is 1.56. The van der Waals surface area contributed by atoms with E-state index in [9.17, 15) is 4.79 Å². The number of benzene rings is 1. The molecule has 0 bridgehead atoms. The van der Waals surface area contributed by atoms with Crippen molar-refractivity contribution >= 4 is 11.7 Å². The van der Waals surface area contributed by atoms with Gasteiger partial charge in [0.1, 0.15) is 12.2 Å². The Morgan fingerprint density at radius 2 is 2.08 bits per heavy atom. The van der Waals surface area contributed by atoms with Crippen LogP contribution in [0.2, 0.25) is 0 Å². The molecule has 1 aromatic carbocycles. The minimum Gasteiger partial charge on any atom is -0.328 e. The lowest BCUT2D eigenvalue weighted by molar-refractivity contribution is 0.248. The number of aromatic nitrogens is 6. The lowest BCUT2D eigenvalue weighted by Gasteiger charge is -2.15. The van der Waals surface area contributed by atoms with Gasteiger partial charge < -0.3 is 15.2 Å². The van der Waals surface area contributed by atoms with Crippen LogP contribution in [0.3, 0.4) is 0 Å². The van der Waals surface area contributed by atoms with Crippen molar-refractivity contribution in [2.75, 3.05) is 5.32 Å². The first-order valence-electron chi connectivity index (χ1n) is 8.51. The standard InChI is InChI=1S/C17H22N8O/c1-4-9-25-10-18-24-16(25)11(2)19-17(26)21-14-7-5-13(6-8-14)15-20-12(3)22-23-15/h5-8,10-11H,4,9H2,1-3H3,(H2,19,21,26)(H,20,22,23)/t11-/m0/s1. The van der Waals surface area contributed by atoms with Crippen molar-refractivity contribution in [1.82, 2.24) is 35.3 Å². The van der Waals surface area contributed by atoms with Crippen molar-refractivity contribution in [3.8, 4) is 11.4 Å². The zero-order valence-corrected chi connectivity index (χ0v) is 15.0. The third-order valence-electron chi connectivity index (χ3n) is 3.84. The summed E-state index contributed by atoms with van der Waals surface area (Å²) in [4.78, 5) is 16.5. The Balaban J connectivity index is 1.60. The number of rotatable bonds is 6. The smallest absolute Gasteiger partial charge is 0.319 e. The number of hydrogen-bond donors (Lipinski definition) is 3. The molecule has 2 aromatic heterocycles. The zero-order chi connectivity index (χ0) is 18.5. The van der Waals surface area contributed by atoms with Gasteiger partial charge in [-0.2, -0.15) is 5.10 Å². The average Bonchev–Trinajstić information content (AvgIpc) is 3.25. The molecule has 9 nitrogen and oxygen atoms in total. The summed E-state index contributed by atoms with van der Waals surface area (Å²) >= 11 is 0. The molecule has 3 N–H and O–H groups in total. The third-order valence-corrected chi connectivity index (χ3v) is 3.84. The second-order valence-electron chi connectivity index (χ2n) is 6.02. The van der Waals surface area contributed by atoms with Gasteiger partial charge in [0.2, 0.25) is 0 Å². The predicted molar refractivity (Wildman–Crippen MR) is 97.4 cm³/mol. The Morgan fingerprint density at radius 3 is 2.73 bits per heavy atom. The quantitative estimate of drug-likeness (QED) is 0.630. The summed E-state index contributed by atoms with van der Waals surface area (Å²) in [5, 5.41) is 20.6. The van der Waals surface area contributed by atoms with Crippen molar-refractivity contribution < 1.29 is 4.79 Å². The molecule has 0 unspecified atom stereocenters. The minimum absolute atomic E-state index is 0.250. The number of anilines is 1. The van der Waals surface area contributed by atoms with E-state index in [1.165, 1.54) is 0 Å². The lowest BCUT2D eigenvalue weighted by Crippen LogP contribution is -2.32. The van der Waals surface area contributed by atoms with Crippen LogP contribution in [0, 0.1) is 6.92 Å². The monoisotopic (exact) mass is 354 g/mol. The normalized spacial score (nSPS) is 12.0. The highest BCUT2D eigenvalue weighted by atomic mass is 16.2. The molecule has 2 amide bonds. The first-order valence-corrected chi connectivity index (χ1v) is 8.51. The van der Waals surface area contributed by atoms with Crippen LogP contribution in [0.1, 0.15) is 38.0 Å². The maximum atomic E-state index is 12.2. The second kappa shape index (κ2) is 7.77. The Hall–Kier alpha value is -3.23. The molecule has 136 valence electrons. The van der Waals surface area contributed by atoms with Crippen molar-refractivity contribution in [3.05, 3.63) is 42.2 Å². The van der Waals surface area contributed by atoms with Crippen LogP contribution in [0.15, 0.2) is 30.6 Å². The van der Waals surface area contributed by atoms with E-state index in [1.54, 1.807) is 6.33 Å². The zero-order valence-electron chi connectivity index (χ0n) is 15.0. The molecule has 0 spiro atoms. The fourth-order valence-electron chi connectivity index (χ4n) is 2.62. The Labute approximate surface area is 151 Å². The number of nitrogens with one attached hydrogen (secondary N) is 3. The Bertz CT molecular complexity index is 867. The van der Waals surface area contributed by atoms with Gasteiger partial charge >= 0.3 is 6.03 Å². The molecule has 26 heavy (non-hydrogen) atoms. The van der Waals surface area contributed by atoms with E-state index >= 15 is 0 Å². The summed E-state index contributed by atoms with van der Waals surface area (Å²) in [5.74, 6) is 2.12. The van der Waals surface area contributed by atoms with Crippen LogP contribution < -0.4 is 10.6 Å². The van der Waals surface area contributed by atoms with Gasteiger partial charge in [0, 0.05) is 17.8 Å². The van der Waals surface area contributed by atoms with Crippen LogP contribution in [0.25, 0.3) is 11.4 Å². The van der Waals surface area contributed by atoms with Crippen molar-refractivity contribution in [1.29, 1.82) is 0 Å². The van der Waals surface area contributed by atoms with Crippen LogP contribution in [0.4, 0.5) is 10.5 Å². The van der Waals surface area contributed by atoms with Crippen LogP contribution in [-0.2, 0) is 6.54 Å². The summed E-state index contributed by atoms with van der Waals surface area (Å²) in [7, 11) is 0. The van der Waals surface area contributed by atoms with Crippen LogP contribution in [0.5, 0.6) is 0 Å². The summed E-state index contributed by atoms with van der Waals surface area (Å²) < 4.78 is 1.94. The number of urea groups is 1. The van der Waals surface area contributed by atoms with Gasteiger partial charge in [-0.05, 0) is 44.5 Å². The lowest BCUT2D eigenvalue weighted by atomic mass is 10.2. The summed E-state index contributed by atoms with van der Waals surface area (Å²) in [6, 6.07) is 6.79. The molecule has 0 aliphatic carbocycles. The highest BCUT2D eigenvalue weighted by Gasteiger charge is 2.15. The molecule has 0 aliphatic rings. The maximum Gasteiger partial charge on any atom is 0.319 e.